The van der Waals surface area contributed by atoms with Crippen molar-refractivity contribution < 1.29 is 22.0 Å². The summed E-state index contributed by atoms with van der Waals surface area (Å²) in [5, 5.41) is 0. The Kier molecular flexibility index (Phi) is 11.0. The average Bonchev–Trinajstić information content (AvgIpc) is 2.97. The Morgan fingerprint density at radius 1 is 0.829 bits per heavy atom. The third-order valence-corrected chi connectivity index (χ3v) is 8.31. The van der Waals surface area contributed by atoms with Crippen molar-refractivity contribution in [3.8, 4) is 11.1 Å². The summed E-state index contributed by atoms with van der Waals surface area (Å²) in [6, 6.07) is 14.6. The molecule has 0 spiro atoms. The van der Waals surface area contributed by atoms with Gasteiger partial charge in [-0.05, 0) is 111 Å². The Labute approximate surface area is 241 Å². The summed E-state index contributed by atoms with van der Waals surface area (Å²) >= 11 is 0. The van der Waals surface area contributed by atoms with Gasteiger partial charge < -0.3 is 0 Å². The molecule has 0 saturated heterocycles. The average molecular weight is 567 g/mol. The first-order valence-corrected chi connectivity index (χ1v) is 14.8. The van der Waals surface area contributed by atoms with Crippen molar-refractivity contribution in [2.75, 3.05) is 0 Å². The first-order valence-electron chi connectivity index (χ1n) is 14.8. The fourth-order valence-electron chi connectivity index (χ4n) is 5.88. The van der Waals surface area contributed by atoms with Gasteiger partial charge >= 0.3 is 0 Å². The minimum absolute atomic E-state index is 0.0273. The van der Waals surface area contributed by atoms with Gasteiger partial charge in [0.25, 0.3) is 0 Å². The van der Waals surface area contributed by atoms with Gasteiger partial charge in [-0.3, -0.25) is 0 Å². The van der Waals surface area contributed by atoms with E-state index in [1.807, 2.05) is 44.2 Å². The lowest BCUT2D eigenvalue weighted by molar-refractivity contribution is 0.310. The molecule has 0 bridgehead atoms. The molecule has 5 heteroatoms. The first kappa shape index (κ1) is 30.7. The van der Waals surface area contributed by atoms with Gasteiger partial charge in [0.1, 0.15) is 23.3 Å². The smallest absolute Gasteiger partial charge is 0.161 e. The maximum atomic E-state index is 15.0. The number of hydrogen-bond acceptors (Lipinski definition) is 0. The summed E-state index contributed by atoms with van der Waals surface area (Å²) in [6.07, 6.45) is 11.0. The van der Waals surface area contributed by atoms with Crippen LogP contribution in [0.4, 0.5) is 22.0 Å². The molecule has 3 aromatic carbocycles. The molecular weight excluding hydrogens is 527 g/mol. The van der Waals surface area contributed by atoms with Crippen molar-refractivity contribution in [1.82, 2.24) is 0 Å². The Morgan fingerprint density at radius 3 is 2.12 bits per heavy atom. The van der Waals surface area contributed by atoms with Crippen LogP contribution >= 0.6 is 0 Å². The fourth-order valence-corrected chi connectivity index (χ4v) is 5.88. The molecule has 0 atom stereocenters. The van der Waals surface area contributed by atoms with Crippen LogP contribution in [0.3, 0.4) is 0 Å². The highest BCUT2D eigenvalue weighted by Gasteiger charge is 2.23. The Bertz CT molecular complexity index is 1340. The highest BCUT2D eigenvalue weighted by Crippen LogP contribution is 2.38. The maximum Gasteiger partial charge on any atom is 0.161 e. The van der Waals surface area contributed by atoms with E-state index in [1.54, 1.807) is 18.2 Å². The molecule has 3 aromatic rings. The molecule has 4 rings (SSSR count). The standard InChI is InChI=1S/C36H39F5/c1-3-5-6-8-31-34(39)22-29(23-35(31)40)30-20-13-25(21-33(30)38)10-9-24-11-14-26(15-12-24)27-16-18-28(19-17-27)36(41)32(37)7-4-2/h3,5,13,16-24,26H,4,6-12,14-15H2,1-2H3/b5-3+,36-32+. The number of hydrogen-bond donors (Lipinski definition) is 0. The monoisotopic (exact) mass is 566 g/mol. The van der Waals surface area contributed by atoms with Crippen LogP contribution in [0.25, 0.3) is 17.0 Å². The van der Waals surface area contributed by atoms with Gasteiger partial charge in [-0.15, -0.1) is 0 Å². The van der Waals surface area contributed by atoms with Crippen LogP contribution in [-0.2, 0) is 12.8 Å². The third-order valence-electron chi connectivity index (χ3n) is 8.31. The summed E-state index contributed by atoms with van der Waals surface area (Å²) in [6.45, 7) is 3.68. The first-order chi connectivity index (χ1) is 19.8. The van der Waals surface area contributed by atoms with E-state index in [9.17, 15) is 17.6 Å². The molecule has 41 heavy (non-hydrogen) atoms. The van der Waals surface area contributed by atoms with Crippen LogP contribution in [0.2, 0.25) is 0 Å². The van der Waals surface area contributed by atoms with Crippen LogP contribution in [0.15, 0.2) is 72.6 Å². The minimum Gasteiger partial charge on any atom is -0.209 e. The maximum absolute atomic E-state index is 15.0. The van der Waals surface area contributed by atoms with Crippen LogP contribution < -0.4 is 0 Å². The van der Waals surface area contributed by atoms with Crippen molar-refractivity contribution in [1.29, 1.82) is 0 Å². The van der Waals surface area contributed by atoms with Crippen LogP contribution in [0, 0.1) is 23.4 Å². The van der Waals surface area contributed by atoms with E-state index in [0.29, 0.717) is 30.2 Å². The zero-order valence-corrected chi connectivity index (χ0v) is 24.0. The van der Waals surface area contributed by atoms with Crippen molar-refractivity contribution in [3.05, 3.63) is 112 Å². The predicted molar refractivity (Wildman–Crippen MR) is 158 cm³/mol. The largest absolute Gasteiger partial charge is 0.209 e. The van der Waals surface area contributed by atoms with Crippen LogP contribution in [0.5, 0.6) is 0 Å². The summed E-state index contributed by atoms with van der Waals surface area (Å²) in [5.41, 5.74) is 2.75. The highest BCUT2D eigenvalue weighted by molar-refractivity contribution is 5.65. The van der Waals surface area contributed by atoms with Crippen molar-refractivity contribution >= 4 is 5.83 Å². The summed E-state index contributed by atoms with van der Waals surface area (Å²) in [7, 11) is 0. The van der Waals surface area contributed by atoms with Crippen LogP contribution in [0.1, 0.15) is 93.4 Å². The minimum atomic E-state index is -0.764. The lowest BCUT2D eigenvalue weighted by atomic mass is 9.77. The summed E-state index contributed by atoms with van der Waals surface area (Å²) in [5.74, 6) is -2.29. The van der Waals surface area contributed by atoms with Gasteiger partial charge in [0.05, 0.1) is 0 Å². The Hall–Kier alpha value is -3.21. The molecule has 0 unspecified atom stereocenters. The lowest BCUT2D eigenvalue weighted by Crippen LogP contribution is -2.14. The topological polar surface area (TPSA) is 0 Å². The van der Waals surface area contributed by atoms with Gasteiger partial charge in [0.15, 0.2) is 5.83 Å². The molecule has 0 aromatic heterocycles. The molecular formula is C36H39F5. The zero-order valence-electron chi connectivity index (χ0n) is 24.0. The molecule has 1 fully saturated rings. The van der Waals surface area contributed by atoms with Gasteiger partial charge in [0, 0.05) is 23.1 Å². The molecule has 0 nitrogen and oxygen atoms in total. The Balaban J connectivity index is 1.31. The molecule has 0 radical (unpaired) electrons. The lowest BCUT2D eigenvalue weighted by Gasteiger charge is -2.29. The summed E-state index contributed by atoms with van der Waals surface area (Å²) in [4.78, 5) is 0. The molecule has 1 aliphatic carbocycles. The van der Waals surface area contributed by atoms with E-state index in [0.717, 1.165) is 49.7 Å². The van der Waals surface area contributed by atoms with Crippen molar-refractivity contribution in [2.45, 2.75) is 84.0 Å². The third kappa shape index (κ3) is 7.96. The normalized spacial score (nSPS) is 18.1. The van der Waals surface area contributed by atoms with Crippen LogP contribution in [-0.4, -0.2) is 0 Å². The van der Waals surface area contributed by atoms with Gasteiger partial charge in [-0.25, -0.2) is 22.0 Å². The predicted octanol–water partition coefficient (Wildman–Crippen LogP) is 11.6. The van der Waals surface area contributed by atoms with E-state index in [1.165, 1.54) is 18.2 Å². The number of halogens is 5. The van der Waals surface area contributed by atoms with E-state index < -0.39 is 29.1 Å². The van der Waals surface area contributed by atoms with E-state index in [4.69, 9.17) is 0 Å². The number of aryl methyl sites for hydroxylation is 1. The number of allylic oxidation sites excluding steroid dienone is 3. The fraction of sp³-hybridized carbons (Fsp3) is 0.389. The quantitative estimate of drug-likeness (QED) is 0.160. The number of benzene rings is 3. The van der Waals surface area contributed by atoms with E-state index >= 15 is 4.39 Å². The molecule has 0 N–H and O–H groups in total. The molecule has 218 valence electrons. The highest BCUT2D eigenvalue weighted by atomic mass is 19.2. The molecule has 1 aliphatic rings. The molecule has 1 saturated carbocycles. The number of rotatable bonds is 11. The second-order valence-corrected chi connectivity index (χ2v) is 11.2. The van der Waals surface area contributed by atoms with Crippen molar-refractivity contribution in [3.63, 3.8) is 0 Å². The molecule has 0 amide bonds. The second kappa shape index (κ2) is 14.6. The zero-order chi connectivity index (χ0) is 29.4. The Morgan fingerprint density at radius 2 is 1.51 bits per heavy atom. The second-order valence-electron chi connectivity index (χ2n) is 11.2. The SMILES string of the molecule is C/C=C/CCc1c(F)cc(-c2ccc(CCC3CCC(c4ccc(/C(F)=C(\F)CCC)cc4)CC3)cc2F)cc1F. The summed E-state index contributed by atoms with van der Waals surface area (Å²) < 4.78 is 72.3. The van der Waals surface area contributed by atoms with E-state index in [-0.39, 0.29) is 29.5 Å². The van der Waals surface area contributed by atoms with E-state index in [2.05, 4.69) is 0 Å². The van der Waals surface area contributed by atoms with Gasteiger partial charge in [0.2, 0.25) is 0 Å². The van der Waals surface area contributed by atoms with Gasteiger partial charge in [-0.1, -0.05) is 55.5 Å². The molecule has 0 heterocycles. The van der Waals surface area contributed by atoms with Crippen molar-refractivity contribution in [2.24, 2.45) is 5.92 Å². The van der Waals surface area contributed by atoms with Gasteiger partial charge in [-0.2, -0.15) is 0 Å². The molecule has 0 aliphatic heterocycles.